The Morgan fingerprint density at radius 1 is 1.58 bits per heavy atom. The average molecular weight is 175 g/mol. The van der Waals surface area contributed by atoms with Crippen molar-refractivity contribution in [1.82, 2.24) is 0 Å². The highest BCUT2D eigenvalue weighted by atomic mass is 16.5. The summed E-state index contributed by atoms with van der Waals surface area (Å²) in [5.41, 5.74) is 5.51. The predicted molar refractivity (Wildman–Crippen MR) is 45.5 cm³/mol. The van der Waals surface area contributed by atoms with Crippen LogP contribution in [0.1, 0.15) is 20.3 Å². The fourth-order valence-corrected chi connectivity index (χ4v) is 0.606. The molecule has 0 saturated carbocycles. The van der Waals surface area contributed by atoms with Gasteiger partial charge in [0.05, 0.1) is 6.61 Å². The van der Waals surface area contributed by atoms with Crippen LogP contribution in [0, 0.1) is 5.92 Å². The molecule has 0 radical (unpaired) electrons. The Morgan fingerprint density at radius 2 is 2.17 bits per heavy atom. The Bertz CT molecular complexity index is 136. The van der Waals surface area contributed by atoms with Crippen molar-refractivity contribution >= 4 is 5.97 Å². The van der Waals surface area contributed by atoms with Crippen LogP contribution in [-0.2, 0) is 9.53 Å². The summed E-state index contributed by atoms with van der Waals surface area (Å²) in [6, 6.07) is -0.552. The van der Waals surface area contributed by atoms with Gasteiger partial charge >= 0.3 is 5.97 Å². The Labute approximate surface area is 72.7 Å². The Balaban J connectivity index is 3.57. The molecule has 0 bridgehead atoms. The first kappa shape index (κ1) is 11.4. The van der Waals surface area contributed by atoms with Crippen LogP contribution >= 0.6 is 0 Å². The molecule has 12 heavy (non-hydrogen) atoms. The molecule has 0 fully saturated rings. The normalized spacial score (nSPS) is 13.1. The van der Waals surface area contributed by atoms with Gasteiger partial charge in [0.1, 0.15) is 6.04 Å². The summed E-state index contributed by atoms with van der Waals surface area (Å²) >= 11 is 0. The molecule has 0 spiro atoms. The van der Waals surface area contributed by atoms with Crippen LogP contribution in [0.5, 0.6) is 0 Å². The molecule has 72 valence electrons. The van der Waals surface area contributed by atoms with Crippen molar-refractivity contribution in [3.05, 3.63) is 0 Å². The summed E-state index contributed by atoms with van der Waals surface area (Å²) in [5, 5.41) is 8.40. The van der Waals surface area contributed by atoms with E-state index in [4.69, 9.17) is 15.6 Å². The second-order valence-corrected chi connectivity index (χ2v) is 3.01. The van der Waals surface area contributed by atoms with Crippen LogP contribution in [0.4, 0.5) is 0 Å². The number of carbonyl (C=O) groups is 1. The standard InChI is InChI=1S/C8H17NO3/c1-6(2)7(9)8(11)12-5-3-4-10/h6-7,10H,3-5,9H2,1-2H3/t7-/m0/s1. The lowest BCUT2D eigenvalue weighted by atomic mass is 10.1. The van der Waals surface area contributed by atoms with Crippen molar-refractivity contribution in [2.75, 3.05) is 13.2 Å². The zero-order valence-electron chi connectivity index (χ0n) is 7.62. The molecule has 4 nitrogen and oxygen atoms in total. The van der Waals surface area contributed by atoms with Gasteiger partial charge in [0, 0.05) is 13.0 Å². The fraction of sp³-hybridized carbons (Fsp3) is 0.875. The molecule has 4 heteroatoms. The van der Waals surface area contributed by atoms with Gasteiger partial charge in [-0.25, -0.2) is 0 Å². The van der Waals surface area contributed by atoms with E-state index in [9.17, 15) is 4.79 Å². The minimum Gasteiger partial charge on any atom is -0.464 e. The van der Waals surface area contributed by atoms with Crippen LogP contribution in [0.25, 0.3) is 0 Å². The van der Waals surface area contributed by atoms with Gasteiger partial charge in [0.25, 0.3) is 0 Å². The summed E-state index contributed by atoms with van der Waals surface area (Å²) in [7, 11) is 0. The van der Waals surface area contributed by atoms with Gasteiger partial charge in [-0.3, -0.25) is 4.79 Å². The number of rotatable bonds is 5. The molecule has 0 aromatic heterocycles. The number of aliphatic hydroxyl groups excluding tert-OH is 1. The summed E-state index contributed by atoms with van der Waals surface area (Å²) < 4.78 is 4.78. The third-order valence-corrected chi connectivity index (χ3v) is 1.54. The summed E-state index contributed by atoms with van der Waals surface area (Å²) in [6.07, 6.45) is 0.469. The number of aliphatic hydroxyl groups is 1. The van der Waals surface area contributed by atoms with E-state index in [-0.39, 0.29) is 19.1 Å². The first-order chi connectivity index (χ1) is 5.59. The lowest BCUT2D eigenvalue weighted by Gasteiger charge is -2.13. The Morgan fingerprint density at radius 3 is 2.58 bits per heavy atom. The number of hydrogen-bond donors (Lipinski definition) is 2. The first-order valence-corrected chi connectivity index (χ1v) is 4.12. The second-order valence-electron chi connectivity index (χ2n) is 3.01. The van der Waals surface area contributed by atoms with Gasteiger partial charge in [0.15, 0.2) is 0 Å². The van der Waals surface area contributed by atoms with Crippen LogP contribution in [0.3, 0.4) is 0 Å². The Kier molecular flexibility index (Phi) is 5.66. The zero-order chi connectivity index (χ0) is 9.56. The molecule has 0 rings (SSSR count). The lowest BCUT2D eigenvalue weighted by Crippen LogP contribution is -2.37. The van der Waals surface area contributed by atoms with Gasteiger partial charge in [-0.15, -0.1) is 0 Å². The van der Waals surface area contributed by atoms with Gasteiger partial charge < -0.3 is 15.6 Å². The van der Waals surface area contributed by atoms with E-state index in [0.29, 0.717) is 6.42 Å². The van der Waals surface area contributed by atoms with Crippen molar-refractivity contribution in [2.24, 2.45) is 11.7 Å². The van der Waals surface area contributed by atoms with Crippen LogP contribution in [0.2, 0.25) is 0 Å². The maximum absolute atomic E-state index is 11.0. The van der Waals surface area contributed by atoms with Crippen molar-refractivity contribution in [1.29, 1.82) is 0 Å². The highest BCUT2D eigenvalue weighted by molar-refractivity contribution is 5.75. The largest absolute Gasteiger partial charge is 0.464 e. The number of ether oxygens (including phenoxy) is 1. The number of nitrogens with two attached hydrogens (primary N) is 1. The monoisotopic (exact) mass is 175 g/mol. The maximum atomic E-state index is 11.0. The molecule has 0 aliphatic carbocycles. The van der Waals surface area contributed by atoms with Crippen LogP contribution in [0.15, 0.2) is 0 Å². The molecule has 0 unspecified atom stereocenters. The fourth-order valence-electron chi connectivity index (χ4n) is 0.606. The summed E-state index contributed by atoms with van der Waals surface area (Å²) in [5.74, 6) is -0.301. The summed E-state index contributed by atoms with van der Waals surface area (Å²) in [4.78, 5) is 11.0. The predicted octanol–water partition coefficient (Wildman–Crippen LogP) is -0.105. The number of esters is 1. The van der Waals surface area contributed by atoms with Crippen molar-refractivity contribution in [3.8, 4) is 0 Å². The topological polar surface area (TPSA) is 72.6 Å². The van der Waals surface area contributed by atoms with E-state index >= 15 is 0 Å². The second kappa shape index (κ2) is 5.97. The molecule has 0 amide bonds. The van der Waals surface area contributed by atoms with Gasteiger partial charge in [-0.2, -0.15) is 0 Å². The molecule has 0 aromatic carbocycles. The molecule has 0 aliphatic rings. The third kappa shape index (κ3) is 4.31. The maximum Gasteiger partial charge on any atom is 0.323 e. The SMILES string of the molecule is CC(C)[C@H](N)C(=O)OCCCO. The van der Waals surface area contributed by atoms with E-state index in [1.165, 1.54) is 0 Å². The highest BCUT2D eigenvalue weighted by Crippen LogP contribution is 2.00. The van der Waals surface area contributed by atoms with Gasteiger partial charge in [-0.1, -0.05) is 13.8 Å². The smallest absolute Gasteiger partial charge is 0.323 e. The van der Waals surface area contributed by atoms with Crippen LogP contribution in [-0.4, -0.2) is 30.3 Å². The molecule has 0 saturated heterocycles. The van der Waals surface area contributed by atoms with Crippen molar-refractivity contribution in [2.45, 2.75) is 26.3 Å². The zero-order valence-corrected chi connectivity index (χ0v) is 7.62. The molecule has 0 heterocycles. The molecule has 0 aromatic rings. The van der Waals surface area contributed by atoms with Crippen molar-refractivity contribution in [3.63, 3.8) is 0 Å². The van der Waals surface area contributed by atoms with Gasteiger partial charge in [-0.05, 0) is 5.92 Å². The molecule has 3 N–H and O–H groups in total. The van der Waals surface area contributed by atoms with Crippen molar-refractivity contribution < 1.29 is 14.6 Å². The lowest BCUT2D eigenvalue weighted by molar-refractivity contribution is -0.146. The highest BCUT2D eigenvalue weighted by Gasteiger charge is 2.17. The van der Waals surface area contributed by atoms with E-state index in [1.54, 1.807) is 0 Å². The first-order valence-electron chi connectivity index (χ1n) is 4.12. The van der Waals surface area contributed by atoms with E-state index in [2.05, 4.69) is 0 Å². The molecule has 0 aliphatic heterocycles. The molecular formula is C8H17NO3. The number of hydrogen-bond acceptors (Lipinski definition) is 4. The minimum atomic E-state index is -0.552. The average Bonchev–Trinajstić information content (AvgIpc) is 2.03. The molecule has 1 atom stereocenters. The van der Waals surface area contributed by atoms with Gasteiger partial charge in [0.2, 0.25) is 0 Å². The van der Waals surface area contributed by atoms with Crippen LogP contribution < -0.4 is 5.73 Å². The quantitative estimate of drug-likeness (QED) is 0.452. The third-order valence-electron chi connectivity index (χ3n) is 1.54. The summed E-state index contributed by atoms with van der Waals surface area (Å²) in [6.45, 7) is 4.00. The minimum absolute atomic E-state index is 0.0319. The van der Waals surface area contributed by atoms with E-state index in [0.717, 1.165) is 0 Å². The van der Waals surface area contributed by atoms with E-state index < -0.39 is 12.0 Å². The van der Waals surface area contributed by atoms with E-state index in [1.807, 2.05) is 13.8 Å². The number of carbonyl (C=O) groups excluding carboxylic acids is 1. The Hall–Kier alpha value is -0.610. The molecular weight excluding hydrogens is 158 g/mol.